The van der Waals surface area contributed by atoms with Crippen LogP contribution in [0.3, 0.4) is 0 Å². The van der Waals surface area contributed by atoms with E-state index in [4.69, 9.17) is 4.98 Å². The van der Waals surface area contributed by atoms with Crippen molar-refractivity contribution in [3.05, 3.63) is 11.9 Å². The van der Waals surface area contributed by atoms with Gasteiger partial charge in [-0.3, -0.25) is 0 Å². The average molecular weight is 263 g/mol. The molecule has 1 atom stereocenters. The normalized spacial score (nSPS) is 20.6. The number of likely N-dealkylation sites (N-methyl/N-ethyl adjacent to an activating group) is 1. The van der Waals surface area contributed by atoms with Gasteiger partial charge in [0.25, 0.3) is 0 Å². The van der Waals surface area contributed by atoms with Gasteiger partial charge in [-0.05, 0) is 20.4 Å². The predicted molar refractivity (Wildman–Crippen MR) is 79.9 cm³/mol. The molecule has 2 heterocycles. The zero-order valence-corrected chi connectivity index (χ0v) is 12.5. The molecule has 1 aliphatic heterocycles. The molecule has 1 aromatic heterocycles. The van der Waals surface area contributed by atoms with Gasteiger partial charge in [0, 0.05) is 45.2 Å². The fourth-order valence-electron chi connectivity index (χ4n) is 2.37. The molecular formula is C14H25N5. The Bertz CT molecular complexity index is 420. The Morgan fingerprint density at radius 2 is 2.16 bits per heavy atom. The first-order valence-electron chi connectivity index (χ1n) is 7.15. The minimum Gasteiger partial charge on any atom is -0.373 e. The molecule has 0 radical (unpaired) electrons. The summed E-state index contributed by atoms with van der Waals surface area (Å²) in [6.45, 7) is 7.57. The zero-order valence-electron chi connectivity index (χ0n) is 12.5. The van der Waals surface area contributed by atoms with E-state index in [1.807, 2.05) is 7.05 Å². The quantitative estimate of drug-likeness (QED) is 0.894. The van der Waals surface area contributed by atoms with Crippen LogP contribution >= 0.6 is 0 Å². The van der Waals surface area contributed by atoms with Crippen molar-refractivity contribution >= 4 is 11.6 Å². The Morgan fingerprint density at radius 3 is 2.79 bits per heavy atom. The van der Waals surface area contributed by atoms with E-state index in [9.17, 15) is 0 Å². The summed E-state index contributed by atoms with van der Waals surface area (Å²) < 4.78 is 0. The summed E-state index contributed by atoms with van der Waals surface area (Å²) in [6, 6.07) is 2.62. The van der Waals surface area contributed by atoms with Gasteiger partial charge in [-0.25, -0.2) is 9.97 Å². The molecule has 5 heteroatoms. The molecule has 1 saturated heterocycles. The number of rotatable bonds is 4. The van der Waals surface area contributed by atoms with Crippen molar-refractivity contribution in [2.75, 3.05) is 43.9 Å². The highest BCUT2D eigenvalue weighted by Gasteiger charge is 2.22. The number of aryl methyl sites for hydroxylation is 1. The van der Waals surface area contributed by atoms with Crippen molar-refractivity contribution in [2.24, 2.45) is 0 Å². The van der Waals surface area contributed by atoms with E-state index in [1.165, 1.54) is 0 Å². The average Bonchev–Trinajstić information content (AvgIpc) is 2.42. The lowest BCUT2D eigenvalue weighted by atomic mass is 10.2. The standard InChI is InChI=1S/C14H25N5/c1-5-6-12-16-13(15-3)9-14(17-12)19-8-7-18(4)11(2)10-19/h9,11H,5-8,10H2,1-4H3,(H,15,16,17). The molecule has 0 aromatic carbocycles. The van der Waals surface area contributed by atoms with Crippen molar-refractivity contribution in [3.8, 4) is 0 Å². The summed E-state index contributed by atoms with van der Waals surface area (Å²) in [4.78, 5) is 14.0. The Morgan fingerprint density at radius 1 is 1.37 bits per heavy atom. The summed E-state index contributed by atoms with van der Waals surface area (Å²) in [7, 11) is 4.10. The third-order valence-corrected chi connectivity index (χ3v) is 3.77. The second-order valence-corrected chi connectivity index (χ2v) is 5.30. The fraction of sp³-hybridized carbons (Fsp3) is 0.714. The molecular weight excluding hydrogens is 238 g/mol. The van der Waals surface area contributed by atoms with Crippen LogP contribution in [0.5, 0.6) is 0 Å². The third-order valence-electron chi connectivity index (χ3n) is 3.77. The summed E-state index contributed by atoms with van der Waals surface area (Å²) in [5.74, 6) is 2.92. The van der Waals surface area contributed by atoms with Crippen LogP contribution in [0.25, 0.3) is 0 Å². The Hall–Kier alpha value is -1.36. The number of aromatic nitrogens is 2. The van der Waals surface area contributed by atoms with Crippen molar-refractivity contribution in [1.82, 2.24) is 14.9 Å². The summed E-state index contributed by atoms with van der Waals surface area (Å²) in [5.41, 5.74) is 0. The van der Waals surface area contributed by atoms with Gasteiger partial charge in [0.15, 0.2) is 0 Å². The molecule has 1 unspecified atom stereocenters. The van der Waals surface area contributed by atoms with E-state index in [0.717, 1.165) is 49.9 Å². The van der Waals surface area contributed by atoms with Crippen molar-refractivity contribution in [1.29, 1.82) is 0 Å². The summed E-state index contributed by atoms with van der Waals surface area (Å²) in [5, 5.41) is 3.14. The highest BCUT2D eigenvalue weighted by molar-refractivity contribution is 5.49. The van der Waals surface area contributed by atoms with E-state index in [0.29, 0.717) is 6.04 Å². The molecule has 0 aliphatic carbocycles. The predicted octanol–water partition coefficient (Wildman–Crippen LogP) is 1.61. The van der Waals surface area contributed by atoms with Crippen LogP contribution in [-0.4, -0.2) is 54.6 Å². The van der Waals surface area contributed by atoms with Gasteiger partial charge in [0.05, 0.1) is 0 Å². The first kappa shape index (κ1) is 14.1. The number of nitrogens with one attached hydrogen (secondary N) is 1. The first-order chi connectivity index (χ1) is 9.13. The number of piperazine rings is 1. The van der Waals surface area contributed by atoms with Crippen molar-refractivity contribution in [2.45, 2.75) is 32.7 Å². The molecule has 0 spiro atoms. The highest BCUT2D eigenvalue weighted by Crippen LogP contribution is 2.19. The van der Waals surface area contributed by atoms with Crippen LogP contribution in [0.15, 0.2) is 6.07 Å². The van der Waals surface area contributed by atoms with Gasteiger partial charge in [-0.1, -0.05) is 6.92 Å². The number of nitrogens with zero attached hydrogens (tertiary/aromatic N) is 4. The van der Waals surface area contributed by atoms with E-state index in [2.05, 4.69) is 47.1 Å². The molecule has 1 aliphatic rings. The number of hydrogen-bond acceptors (Lipinski definition) is 5. The lowest BCUT2D eigenvalue weighted by Crippen LogP contribution is -2.50. The summed E-state index contributed by atoms with van der Waals surface area (Å²) >= 11 is 0. The zero-order chi connectivity index (χ0) is 13.8. The molecule has 1 N–H and O–H groups in total. The number of anilines is 2. The minimum atomic E-state index is 0.566. The lowest BCUT2D eigenvalue weighted by molar-refractivity contribution is 0.233. The highest BCUT2D eigenvalue weighted by atomic mass is 15.3. The van der Waals surface area contributed by atoms with E-state index >= 15 is 0 Å². The Labute approximate surface area is 116 Å². The maximum absolute atomic E-state index is 4.71. The van der Waals surface area contributed by atoms with Gasteiger partial charge in [0.1, 0.15) is 17.5 Å². The largest absolute Gasteiger partial charge is 0.373 e. The fourth-order valence-corrected chi connectivity index (χ4v) is 2.37. The number of hydrogen-bond donors (Lipinski definition) is 1. The topological polar surface area (TPSA) is 44.3 Å². The molecule has 2 rings (SSSR count). The van der Waals surface area contributed by atoms with Crippen LogP contribution in [0.1, 0.15) is 26.1 Å². The van der Waals surface area contributed by atoms with Gasteiger partial charge in [-0.15, -0.1) is 0 Å². The maximum atomic E-state index is 4.71. The van der Waals surface area contributed by atoms with Gasteiger partial charge in [-0.2, -0.15) is 0 Å². The van der Waals surface area contributed by atoms with Crippen LogP contribution in [-0.2, 0) is 6.42 Å². The van der Waals surface area contributed by atoms with E-state index in [1.54, 1.807) is 0 Å². The molecule has 0 saturated carbocycles. The second-order valence-electron chi connectivity index (χ2n) is 5.30. The lowest BCUT2D eigenvalue weighted by Gasteiger charge is -2.38. The van der Waals surface area contributed by atoms with Crippen LogP contribution in [0.2, 0.25) is 0 Å². The van der Waals surface area contributed by atoms with Crippen LogP contribution < -0.4 is 10.2 Å². The van der Waals surface area contributed by atoms with E-state index < -0.39 is 0 Å². The molecule has 0 amide bonds. The Kier molecular flexibility index (Phi) is 4.58. The van der Waals surface area contributed by atoms with Crippen molar-refractivity contribution in [3.63, 3.8) is 0 Å². The van der Waals surface area contributed by atoms with E-state index in [-0.39, 0.29) is 0 Å². The molecule has 1 aromatic rings. The second kappa shape index (κ2) is 6.19. The van der Waals surface area contributed by atoms with Crippen LogP contribution in [0, 0.1) is 0 Å². The minimum absolute atomic E-state index is 0.566. The third kappa shape index (κ3) is 3.35. The monoisotopic (exact) mass is 263 g/mol. The SMILES string of the molecule is CCCc1nc(NC)cc(N2CCN(C)C(C)C2)n1. The van der Waals surface area contributed by atoms with Gasteiger partial charge < -0.3 is 15.1 Å². The first-order valence-corrected chi connectivity index (χ1v) is 7.15. The van der Waals surface area contributed by atoms with Crippen molar-refractivity contribution < 1.29 is 0 Å². The molecule has 1 fully saturated rings. The van der Waals surface area contributed by atoms with Crippen LogP contribution in [0.4, 0.5) is 11.6 Å². The molecule has 106 valence electrons. The maximum Gasteiger partial charge on any atom is 0.134 e. The molecule has 19 heavy (non-hydrogen) atoms. The molecule has 5 nitrogen and oxygen atoms in total. The van der Waals surface area contributed by atoms with Gasteiger partial charge >= 0.3 is 0 Å². The summed E-state index contributed by atoms with van der Waals surface area (Å²) in [6.07, 6.45) is 2.01. The molecule has 0 bridgehead atoms. The van der Waals surface area contributed by atoms with Gasteiger partial charge in [0.2, 0.25) is 0 Å². The smallest absolute Gasteiger partial charge is 0.134 e. The Balaban J connectivity index is 2.20.